The number of amides is 1. The Labute approximate surface area is 107 Å². The van der Waals surface area contributed by atoms with Crippen molar-refractivity contribution in [2.45, 2.75) is 32.2 Å². The lowest BCUT2D eigenvalue weighted by molar-refractivity contribution is -0.179. The van der Waals surface area contributed by atoms with Crippen molar-refractivity contribution in [1.29, 1.82) is 0 Å². The van der Waals surface area contributed by atoms with Gasteiger partial charge in [0.15, 0.2) is 5.79 Å². The lowest BCUT2D eigenvalue weighted by atomic mass is 10.0. The monoisotopic (exact) mass is 259 g/mol. The molecule has 2 rings (SSSR count). The Morgan fingerprint density at radius 2 is 2.06 bits per heavy atom. The van der Waals surface area contributed by atoms with Gasteiger partial charge < -0.3 is 24.2 Å². The van der Waals surface area contributed by atoms with Gasteiger partial charge in [0.2, 0.25) is 0 Å². The van der Waals surface area contributed by atoms with Gasteiger partial charge in [-0.25, -0.2) is 4.79 Å². The quantitative estimate of drug-likeness (QED) is 0.746. The number of aliphatic hydroxyl groups is 1. The van der Waals surface area contributed by atoms with Gasteiger partial charge in [-0.2, -0.15) is 0 Å². The van der Waals surface area contributed by atoms with E-state index < -0.39 is 17.5 Å². The van der Waals surface area contributed by atoms with Crippen LogP contribution in [0.3, 0.4) is 0 Å². The number of rotatable bonds is 1. The van der Waals surface area contributed by atoms with Crippen LogP contribution < -0.4 is 0 Å². The molecule has 1 atom stereocenters. The summed E-state index contributed by atoms with van der Waals surface area (Å²) in [4.78, 5) is 13.5. The van der Waals surface area contributed by atoms with Crippen LogP contribution in [0.5, 0.6) is 0 Å². The van der Waals surface area contributed by atoms with Gasteiger partial charge in [-0.05, 0) is 20.8 Å². The van der Waals surface area contributed by atoms with Crippen LogP contribution in [-0.4, -0.2) is 60.4 Å². The van der Waals surface area contributed by atoms with Crippen molar-refractivity contribution < 1.29 is 24.1 Å². The summed E-state index contributed by atoms with van der Waals surface area (Å²) in [7, 11) is 0. The van der Waals surface area contributed by atoms with Crippen LogP contribution in [0, 0.1) is 5.92 Å². The fourth-order valence-corrected chi connectivity index (χ4v) is 2.32. The number of carbonyl (C=O) groups is 1. The zero-order chi connectivity index (χ0) is 13.4. The molecule has 0 aliphatic carbocycles. The highest BCUT2D eigenvalue weighted by Crippen LogP contribution is 2.36. The Kier molecular flexibility index (Phi) is 3.53. The molecule has 2 aliphatic heterocycles. The van der Waals surface area contributed by atoms with Crippen molar-refractivity contribution in [3.63, 3.8) is 0 Å². The molecule has 0 aromatic heterocycles. The van der Waals surface area contributed by atoms with E-state index in [0.717, 1.165) is 0 Å². The molecule has 104 valence electrons. The molecule has 1 spiro atoms. The van der Waals surface area contributed by atoms with E-state index in [2.05, 4.69) is 0 Å². The van der Waals surface area contributed by atoms with E-state index in [1.54, 1.807) is 0 Å². The molecular formula is C12H21NO5. The van der Waals surface area contributed by atoms with Gasteiger partial charge in [0, 0.05) is 6.54 Å². The second-order valence-electron chi connectivity index (χ2n) is 5.75. The largest absolute Gasteiger partial charge is 0.444 e. The number of likely N-dealkylation sites (tertiary alicyclic amines) is 1. The molecule has 0 bridgehead atoms. The van der Waals surface area contributed by atoms with Crippen LogP contribution >= 0.6 is 0 Å². The Hall–Kier alpha value is -0.850. The molecule has 18 heavy (non-hydrogen) atoms. The van der Waals surface area contributed by atoms with E-state index in [0.29, 0.717) is 26.3 Å². The van der Waals surface area contributed by atoms with Gasteiger partial charge in [0.25, 0.3) is 0 Å². The number of hydrogen-bond donors (Lipinski definition) is 1. The summed E-state index contributed by atoms with van der Waals surface area (Å²) in [6, 6.07) is 0. The fraction of sp³-hybridized carbons (Fsp3) is 0.917. The van der Waals surface area contributed by atoms with Crippen molar-refractivity contribution >= 4 is 6.09 Å². The fourth-order valence-electron chi connectivity index (χ4n) is 2.32. The third-order valence-electron chi connectivity index (χ3n) is 3.12. The van der Waals surface area contributed by atoms with E-state index in [1.165, 1.54) is 4.90 Å². The predicted octanol–water partition coefficient (Wildman–Crippen LogP) is 0.589. The topological polar surface area (TPSA) is 68.2 Å². The van der Waals surface area contributed by atoms with Gasteiger partial charge in [-0.1, -0.05) is 0 Å². The second-order valence-corrected chi connectivity index (χ2v) is 5.75. The number of carbonyl (C=O) groups excluding carboxylic acids is 1. The Bertz CT molecular complexity index is 319. The van der Waals surface area contributed by atoms with Crippen LogP contribution in [0.15, 0.2) is 0 Å². The van der Waals surface area contributed by atoms with Gasteiger partial charge in [0.05, 0.1) is 32.3 Å². The molecule has 1 amide bonds. The first kappa shape index (κ1) is 13.6. The van der Waals surface area contributed by atoms with Gasteiger partial charge in [-0.15, -0.1) is 0 Å². The van der Waals surface area contributed by atoms with Crippen molar-refractivity contribution in [2.75, 3.05) is 32.9 Å². The van der Waals surface area contributed by atoms with Crippen LogP contribution in [0.1, 0.15) is 20.8 Å². The molecule has 1 N–H and O–H groups in total. The molecule has 2 saturated heterocycles. The minimum atomic E-state index is -0.842. The molecule has 6 nitrogen and oxygen atoms in total. The summed E-state index contributed by atoms with van der Waals surface area (Å²) in [5.41, 5.74) is -0.529. The standard InChI is InChI=1S/C12H21NO5/c1-11(2,3)18-10(15)13-6-9(7-14)12(8-13)16-4-5-17-12/h9,14H,4-8H2,1-3H3. The zero-order valence-electron chi connectivity index (χ0n) is 11.1. The first-order chi connectivity index (χ1) is 8.36. The summed E-state index contributed by atoms with van der Waals surface area (Å²) >= 11 is 0. The van der Waals surface area contributed by atoms with E-state index in [4.69, 9.17) is 14.2 Å². The summed E-state index contributed by atoms with van der Waals surface area (Å²) in [5, 5.41) is 9.38. The molecule has 0 saturated carbocycles. The van der Waals surface area contributed by atoms with Crippen molar-refractivity contribution in [2.24, 2.45) is 5.92 Å². The molecule has 6 heteroatoms. The Morgan fingerprint density at radius 3 is 2.56 bits per heavy atom. The van der Waals surface area contributed by atoms with Gasteiger partial charge in [-0.3, -0.25) is 0 Å². The van der Waals surface area contributed by atoms with Gasteiger partial charge >= 0.3 is 6.09 Å². The maximum Gasteiger partial charge on any atom is 0.410 e. The molecule has 1 unspecified atom stereocenters. The number of aliphatic hydroxyl groups excluding tert-OH is 1. The number of nitrogens with zero attached hydrogens (tertiary/aromatic N) is 1. The number of ether oxygens (including phenoxy) is 3. The molecule has 2 fully saturated rings. The molecule has 0 radical (unpaired) electrons. The van der Waals surface area contributed by atoms with E-state index in [9.17, 15) is 9.90 Å². The third-order valence-corrected chi connectivity index (χ3v) is 3.12. The SMILES string of the molecule is CC(C)(C)OC(=O)N1CC(CO)C2(C1)OCCO2. The maximum atomic E-state index is 12.0. The first-order valence-corrected chi connectivity index (χ1v) is 6.23. The molecule has 2 heterocycles. The first-order valence-electron chi connectivity index (χ1n) is 6.23. The van der Waals surface area contributed by atoms with Crippen LogP contribution in [0.25, 0.3) is 0 Å². The van der Waals surface area contributed by atoms with Crippen molar-refractivity contribution in [1.82, 2.24) is 4.90 Å². The zero-order valence-corrected chi connectivity index (χ0v) is 11.1. The van der Waals surface area contributed by atoms with E-state index in [-0.39, 0.29) is 12.5 Å². The molecule has 0 aromatic rings. The average molecular weight is 259 g/mol. The Morgan fingerprint density at radius 1 is 1.44 bits per heavy atom. The van der Waals surface area contributed by atoms with Crippen LogP contribution in [0.2, 0.25) is 0 Å². The van der Waals surface area contributed by atoms with Crippen LogP contribution in [0.4, 0.5) is 4.79 Å². The molecule has 2 aliphatic rings. The average Bonchev–Trinajstić information content (AvgIpc) is 2.85. The lowest BCUT2D eigenvalue weighted by Gasteiger charge is -2.27. The smallest absolute Gasteiger partial charge is 0.410 e. The van der Waals surface area contributed by atoms with Crippen molar-refractivity contribution in [3.8, 4) is 0 Å². The normalized spacial score (nSPS) is 26.9. The highest BCUT2D eigenvalue weighted by molar-refractivity contribution is 5.68. The van der Waals surface area contributed by atoms with Crippen LogP contribution in [-0.2, 0) is 14.2 Å². The highest BCUT2D eigenvalue weighted by Gasteiger charge is 2.53. The van der Waals surface area contributed by atoms with Gasteiger partial charge in [0.1, 0.15) is 5.60 Å². The summed E-state index contributed by atoms with van der Waals surface area (Å²) in [6.07, 6.45) is -0.392. The summed E-state index contributed by atoms with van der Waals surface area (Å²) in [6.45, 7) is 7.10. The summed E-state index contributed by atoms with van der Waals surface area (Å²) in [5.74, 6) is -1.06. The Balaban J connectivity index is 2.03. The predicted molar refractivity (Wildman–Crippen MR) is 63.0 cm³/mol. The van der Waals surface area contributed by atoms with E-state index in [1.807, 2.05) is 20.8 Å². The lowest BCUT2D eigenvalue weighted by Crippen LogP contribution is -2.42. The molecule has 0 aromatic carbocycles. The third kappa shape index (κ3) is 2.60. The van der Waals surface area contributed by atoms with E-state index >= 15 is 0 Å². The molecular weight excluding hydrogens is 238 g/mol. The second kappa shape index (κ2) is 4.68. The minimum absolute atomic E-state index is 0.0701. The number of hydrogen-bond acceptors (Lipinski definition) is 5. The van der Waals surface area contributed by atoms with Crippen molar-refractivity contribution in [3.05, 3.63) is 0 Å². The maximum absolute atomic E-state index is 12.0. The highest BCUT2D eigenvalue weighted by atomic mass is 16.7. The minimum Gasteiger partial charge on any atom is -0.444 e. The summed E-state index contributed by atoms with van der Waals surface area (Å²) < 4.78 is 16.5.